The largest absolute Gasteiger partial charge is 0.455 e. The van der Waals surface area contributed by atoms with Gasteiger partial charge in [-0.15, -0.1) is 0 Å². The second kappa shape index (κ2) is 7.44. The monoisotopic (exact) mass is 400 g/mol. The summed E-state index contributed by atoms with van der Waals surface area (Å²) in [6, 6.07) is 15.2. The maximum Gasteiger partial charge on any atom is 0.274 e. The number of furan rings is 1. The maximum atomic E-state index is 13.5. The molecule has 6 heteroatoms. The Hall–Kier alpha value is -2.73. The van der Waals surface area contributed by atoms with E-state index in [2.05, 4.69) is 26.5 Å². The molecule has 4 nitrogen and oxygen atoms in total. The SMILES string of the molecule is Cc1ccc(-c2ccc(/C=N\NC(=O)c3ccccc3F)o2)c(Br)c1. The molecule has 0 spiro atoms. The number of nitrogens with one attached hydrogen (secondary N) is 1. The topological polar surface area (TPSA) is 54.6 Å². The molecule has 0 saturated heterocycles. The fraction of sp³-hybridized carbons (Fsp3) is 0.0526. The van der Waals surface area contributed by atoms with Crippen molar-refractivity contribution < 1.29 is 13.6 Å². The third-order valence-corrected chi connectivity index (χ3v) is 4.15. The highest BCUT2D eigenvalue weighted by atomic mass is 79.9. The number of hydrazone groups is 1. The Balaban J connectivity index is 1.70. The summed E-state index contributed by atoms with van der Waals surface area (Å²) >= 11 is 3.51. The van der Waals surface area contributed by atoms with Crippen LogP contribution in [0.4, 0.5) is 4.39 Å². The van der Waals surface area contributed by atoms with Gasteiger partial charge in [-0.05, 0) is 48.9 Å². The standard InChI is InChI=1S/C19H14BrFN2O2/c1-12-6-8-14(16(20)10-12)18-9-7-13(25-18)11-22-23-19(24)15-4-2-3-5-17(15)21/h2-11H,1H3,(H,23,24)/b22-11-. The number of carbonyl (C=O) groups excluding carboxylic acids is 1. The van der Waals surface area contributed by atoms with Gasteiger partial charge in [0.1, 0.15) is 17.3 Å². The molecule has 126 valence electrons. The van der Waals surface area contributed by atoms with Crippen LogP contribution in [0.3, 0.4) is 0 Å². The first kappa shape index (κ1) is 17.1. The summed E-state index contributed by atoms with van der Waals surface area (Å²) in [6.45, 7) is 2.01. The van der Waals surface area contributed by atoms with Crippen molar-refractivity contribution in [1.82, 2.24) is 5.43 Å². The van der Waals surface area contributed by atoms with Crippen molar-refractivity contribution in [3.8, 4) is 11.3 Å². The number of nitrogens with zero attached hydrogens (tertiary/aromatic N) is 1. The van der Waals surface area contributed by atoms with Crippen LogP contribution in [-0.4, -0.2) is 12.1 Å². The number of hydrogen-bond acceptors (Lipinski definition) is 3. The molecule has 0 bridgehead atoms. The van der Waals surface area contributed by atoms with Crippen molar-refractivity contribution in [2.24, 2.45) is 5.10 Å². The predicted molar refractivity (Wildman–Crippen MR) is 98.0 cm³/mol. The van der Waals surface area contributed by atoms with Crippen LogP contribution in [0.5, 0.6) is 0 Å². The van der Waals surface area contributed by atoms with Crippen LogP contribution < -0.4 is 5.43 Å². The van der Waals surface area contributed by atoms with Gasteiger partial charge in [0.15, 0.2) is 0 Å². The molecule has 0 fully saturated rings. The van der Waals surface area contributed by atoms with E-state index in [0.29, 0.717) is 11.5 Å². The smallest absolute Gasteiger partial charge is 0.274 e. The minimum absolute atomic E-state index is 0.0663. The van der Waals surface area contributed by atoms with Gasteiger partial charge in [0, 0.05) is 10.0 Å². The van der Waals surface area contributed by atoms with Crippen molar-refractivity contribution in [1.29, 1.82) is 0 Å². The van der Waals surface area contributed by atoms with Crippen LogP contribution in [0.15, 0.2) is 68.6 Å². The van der Waals surface area contributed by atoms with Crippen molar-refractivity contribution in [3.63, 3.8) is 0 Å². The molecule has 0 aliphatic heterocycles. The Kier molecular flexibility index (Phi) is 5.09. The summed E-state index contributed by atoms with van der Waals surface area (Å²) in [7, 11) is 0. The lowest BCUT2D eigenvalue weighted by Crippen LogP contribution is -2.18. The molecule has 3 aromatic rings. The zero-order valence-corrected chi connectivity index (χ0v) is 14.9. The molecule has 0 radical (unpaired) electrons. The first-order valence-electron chi connectivity index (χ1n) is 7.49. The maximum absolute atomic E-state index is 13.5. The lowest BCUT2D eigenvalue weighted by molar-refractivity contribution is 0.0951. The summed E-state index contributed by atoms with van der Waals surface area (Å²) in [4.78, 5) is 11.9. The van der Waals surface area contributed by atoms with Crippen LogP contribution in [0.2, 0.25) is 0 Å². The average Bonchev–Trinajstić information content (AvgIpc) is 3.03. The fourth-order valence-corrected chi connectivity index (χ4v) is 2.94. The van der Waals surface area contributed by atoms with E-state index in [1.54, 1.807) is 12.1 Å². The molecule has 0 atom stereocenters. The molecule has 2 aromatic carbocycles. The molecule has 0 saturated carbocycles. The minimum atomic E-state index is -0.623. The first-order valence-corrected chi connectivity index (χ1v) is 8.28. The average molecular weight is 401 g/mol. The van der Waals surface area contributed by atoms with Crippen LogP contribution in [0.25, 0.3) is 11.3 Å². The highest BCUT2D eigenvalue weighted by molar-refractivity contribution is 9.10. The van der Waals surface area contributed by atoms with Crippen LogP contribution in [0, 0.1) is 12.7 Å². The number of halogens is 2. The van der Waals surface area contributed by atoms with Crippen molar-refractivity contribution in [2.45, 2.75) is 6.92 Å². The zero-order chi connectivity index (χ0) is 17.8. The Labute approximate surface area is 152 Å². The third-order valence-electron chi connectivity index (χ3n) is 3.49. The van der Waals surface area contributed by atoms with E-state index < -0.39 is 11.7 Å². The van der Waals surface area contributed by atoms with Gasteiger partial charge >= 0.3 is 0 Å². The Morgan fingerprint density at radius 1 is 1.20 bits per heavy atom. The summed E-state index contributed by atoms with van der Waals surface area (Å²) in [5, 5.41) is 3.81. The van der Waals surface area contributed by atoms with E-state index in [9.17, 15) is 9.18 Å². The molecular weight excluding hydrogens is 387 g/mol. The quantitative estimate of drug-likeness (QED) is 0.499. The van der Waals surface area contributed by atoms with Crippen LogP contribution in [0.1, 0.15) is 21.7 Å². The van der Waals surface area contributed by atoms with Gasteiger partial charge in [0.05, 0.1) is 11.8 Å². The molecule has 1 N–H and O–H groups in total. The number of amides is 1. The first-order chi connectivity index (χ1) is 12.0. The predicted octanol–water partition coefficient (Wildman–Crippen LogP) is 4.92. The molecule has 0 unspecified atom stereocenters. The van der Waals surface area contributed by atoms with Gasteiger partial charge in [0.25, 0.3) is 5.91 Å². The Morgan fingerprint density at radius 2 is 2.00 bits per heavy atom. The normalized spacial score (nSPS) is 11.0. The molecule has 1 heterocycles. The van der Waals surface area contributed by atoms with E-state index in [-0.39, 0.29) is 5.56 Å². The van der Waals surface area contributed by atoms with Gasteiger partial charge in [-0.2, -0.15) is 5.10 Å². The number of carbonyl (C=O) groups is 1. The van der Waals surface area contributed by atoms with Crippen LogP contribution in [-0.2, 0) is 0 Å². The fourth-order valence-electron chi connectivity index (χ4n) is 2.25. The second-order valence-corrected chi connectivity index (χ2v) is 6.22. The van der Waals surface area contributed by atoms with E-state index in [1.807, 2.05) is 31.2 Å². The van der Waals surface area contributed by atoms with E-state index >= 15 is 0 Å². The summed E-state index contributed by atoms with van der Waals surface area (Å²) in [5.41, 5.74) is 4.27. The summed E-state index contributed by atoms with van der Waals surface area (Å²) in [5.74, 6) is -0.0767. The number of benzene rings is 2. The van der Waals surface area contributed by atoms with E-state index in [0.717, 1.165) is 15.6 Å². The summed E-state index contributed by atoms with van der Waals surface area (Å²) < 4.78 is 20.1. The Bertz CT molecular complexity index is 950. The lowest BCUT2D eigenvalue weighted by Gasteiger charge is -2.02. The third kappa shape index (κ3) is 4.03. The molecular formula is C19H14BrFN2O2. The van der Waals surface area contributed by atoms with E-state index in [1.165, 1.54) is 24.4 Å². The van der Waals surface area contributed by atoms with Gasteiger partial charge in [0.2, 0.25) is 0 Å². The minimum Gasteiger partial charge on any atom is -0.455 e. The molecule has 1 amide bonds. The molecule has 1 aromatic heterocycles. The second-order valence-electron chi connectivity index (χ2n) is 5.36. The van der Waals surface area contributed by atoms with Crippen molar-refractivity contribution >= 4 is 28.1 Å². The van der Waals surface area contributed by atoms with Gasteiger partial charge in [-0.3, -0.25) is 4.79 Å². The summed E-state index contributed by atoms with van der Waals surface area (Å²) in [6.07, 6.45) is 1.37. The van der Waals surface area contributed by atoms with Gasteiger partial charge < -0.3 is 4.42 Å². The van der Waals surface area contributed by atoms with Crippen LogP contribution >= 0.6 is 15.9 Å². The number of hydrogen-bond donors (Lipinski definition) is 1. The van der Waals surface area contributed by atoms with Gasteiger partial charge in [-0.1, -0.05) is 34.1 Å². The zero-order valence-electron chi connectivity index (χ0n) is 13.3. The highest BCUT2D eigenvalue weighted by Gasteiger charge is 2.10. The van der Waals surface area contributed by atoms with Crippen molar-refractivity contribution in [3.05, 3.63) is 81.8 Å². The number of rotatable bonds is 4. The molecule has 25 heavy (non-hydrogen) atoms. The number of aryl methyl sites for hydroxylation is 1. The Morgan fingerprint density at radius 3 is 2.76 bits per heavy atom. The van der Waals surface area contributed by atoms with E-state index in [4.69, 9.17) is 4.42 Å². The lowest BCUT2D eigenvalue weighted by atomic mass is 10.1. The molecule has 3 rings (SSSR count). The van der Waals surface area contributed by atoms with Crippen molar-refractivity contribution in [2.75, 3.05) is 0 Å². The van der Waals surface area contributed by atoms with Gasteiger partial charge in [-0.25, -0.2) is 9.82 Å². The molecule has 0 aliphatic rings. The molecule has 0 aliphatic carbocycles. The highest BCUT2D eigenvalue weighted by Crippen LogP contribution is 2.30.